The van der Waals surface area contributed by atoms with E-state index in [9.17, 15) is 19.2 Å². The number of benzene rings is 1. The fraction of sp³-hybridized carbons (Fsp3) is 0.478. The number of hydrogen-bond donors (Lipinski definition) is 0. The highest BCUT2D eigenvalue weighted by Crippen LogP contribution is 2.35. The van der Waals surface area contributed by atoms with E-state index in [1.165, 1.54) is 4.90 Å². The molecule has 0 bridgehead atoms. The lowest BCUT2D eigenvalue weighted by Gasteiger charge is -2.36. The highest BCUT2D eigenvalue weighted by molar-refractivity contribution is 6.30. The minimum absolute atomic E-state index is 0.00397. The maximum absolute atomic E-state index is 12.4. The van der Waals surface area contributed by atoms with Crippen molar-refractivity contribution in [2.75, 3.05) is 44.2 Å². The molecule has 4 rings (SSSR count). The summed E-state index contributed by atoms with van der Waals surface area (Å²) in [7, 11) is 0. The molecule has 1 aromatic rings. The number of ether oxygens (including phenoxy) is 1. The standard InChI is InChI=1S/C23H26ClN3O5/c24-16-4-3-5-17(14-16)25-10-12-26(13-11-25)20(28)15-32-21(29)8-9-27-22(30)18-6-1-2-7-19(18)23(27)31/h1-5,14,18-19H,6-13,15H2/t18-,19+. The van der Waals surface area contributed by atoms with Gasteiger partial charge in [0.05, 0.1) is 18.3 Å². The van der Waals surface area contributed by atoms with Crippen LogP contribution in [0.4, 0.5) is 5.69 Å². The molecule has 3 aliphatic rings. The molecule has 3 amide bonds. The first kappa shape index (κ1) is 22.3. The van der Waals surface area contributed by atoms with Crippen molar-refractivity contribution < 1.29 is 23.9 Å². The first-order chi connectivity index (χ1) is 15.4. The Hall–Kier alpha value is -2.87. The van der Waals surface area contributed by atoms with Crippen molar-refractivity contribution >= 4 is 41.0 Å². The average molecular weight is 460 g/mol. The summed E-state index contributed by atoms with van der Waals surface area (Å²) in [6.07, 6.45) is 4.86. The molecule has 0 aromatic heterocycles. The first-order valence-corrected chi connectivity index (χ1v) is 11.3. The van der Waals surface area contributed by atoms with E-state index in [0.717, 1.165) is 5.69 Å². The quantitative estimate of drug-likeness (QED) is 0.366. The van der Waals surface area contributed by atoms with Crippen LogP contribution < -0.4 is 4.90 Å². The predicted molar refractivity (Wildman–Crippen MR) is 118 cm³/mol. The van der Waals surface area contributed by atoms with Gasteiger partial charge in [-0.3, -0.25) is 24.1 Å². The van der Waals surface area contributed by atoms with E-state index in [4.69, 9.17) is 16.3 Å². The van der Waals surface area contributed by atoms with Crippen molar-refractivity contribution in [3.05, 3.63) is 41.4 Å². The van der Waals surface area contributed by atoms with Gasteiger partial charge in [0.15, 0.2) is 6.61 Å². The van der Waals surface area contributed by atoms with E-state index >= 15 is 0 Å². The van der Waals surface area contributed by atoms with Gasteiger partial charge in [0.25, 0.3) is 5.91 Å². The zero-order chi connectivity index (χ0) is 22.7. The lowest BCUT2D eigenvalue weighted by Crippen LogP contribution is -2.50. The van der Waals surface area contributed by atoms with Crippen molar-refractivity contribution in [3.8, 4) is 0 Å². The molecule has 2 fully saturated rings. The molecule has 1 aromatic carbocycles. The summed E-state index contributed by atoms with van der Waals surface area (Å²) in [4.78, 5) is 54.4. The topological polar surface area (TPSA) is 87.2 Å². The number of likely N-dealkylation sites (tertiary alicyclic amines) is 1. The van der Waals surface area contributed by atoms with Crippen LogP contribution in [-0.4, -0.2) is 72.8 Å². The van der Waals surface area contributed by atoms with Gasteiger partial charge < -0.3 is 14.5 Å². The van der Waals surface area contributed by atoms with Gasteiger partial charge >= 0.3 is 5.97 Å². The highest BCUT2D eigenvalue weighted by Gasteiger charge is 2.46. The van der Waals surface area contributed by atoms with Crippen LogP contribution in [0.5, 0.6) is 0 Å². The van der Waals surface area contributed by atoms with Gasteiger partial charge in [-0.1, -0.05) is 29.8 Å². The number of esters is 1. The smallest absolute Gasteiger partial charge is 0.308 e. The molecule has 9 heteroatoms. The number of carbonyl (C=O) groups excluding carboxylic acids is 4. The Labute approximate surface area is 191 Å². The number of anilines is 1. The van der Waals surface area contributed by atoms with Crippen LogP contribution in [0.1, 0.15) is 19.3 Å². The van der Waals surface area contributed by atoms with Gasteiger partial charge in [0.2, 0.25) is 11.8 Å². The zero-order valence-electron chi connectivity index (χ0n) is 17.7. The summed E-state index contributed by atoms with van der Waals surface area (Å²) >= 11 is 6.05. The number of piperazine rings is 1. The van der Waals surface area contributed by atoms with E-state index in [2.05, 4.69) is 4.90 Å². The Morgan fingerprint density at radius 2 is 1.66 bits per heavy atom. The predicted octanol–water partition coefficient (Wildman–Crippen LogP) is 1.87. The molecular formula is C23H26ClN3O5. The highest BCUT2D eigenvalue weighted by atomic mass is 35.5. The van der Waals surface area contributed by atoms with Crippen LogP contribution in [0.15, 0.2) is 36.4 Å². The van der Waals surface area contributed by atoms with Gasteiger partial charge in [-0.25, -0.2) is 0 Å². The third kappa shape index (κ3) is 4.80. The second-order valence-corrected chi connectivity index (χ2v) is 8.68. The van der Waals surface area contributed by atoms with E-state index < -0.39 is 5.97 Å². The lowest BCUT2D eigenvalue weighted by molar-refractivity contribution is -0.153. The van der Waals surface area contributed by atoms with Crippen molar-refractivity contribution in [2.45, 2.75) is 19.3 Å². The van der Waals surface area contributed by atoms with Crippen molar-refractivity contribution in [1.82, 2.24) is 9.80 Å². The molecular weight excluding hydrogens is 434 g/mol. The van der Waals surface area contributed by atoms with Gasteiger partial charge in [-0.2, -0.15) is 0 Å². The third-order valence-corrected chi connectivity index (χ3v) is 6.54. The van der Waals surface area contributed by atoms with Crippen LogP contribution in [0.25, 0.3) is 0 Å². The molecule has 2 aliphatic heterocycles. The average Bonchev–Trinajstić information content (AvgIpc) is 3.06. The molecule has 2 atom stereocenters. The lowest BCUT2D eigenvalue weighted by atomic mass is 9.85. The van der Waals surface area contributed by atoms with Crippen molar-refractivity contribution in [1.29, 1.82) is 0 Å². The van der Waals surface area contributed by atoms with Gasteiger partial charge in [0, 0.05) is 43.4 Å². The summed E-state index contributed by atoms with van der Waals surface area (Å²) in [5.74, 6) is -1.90. The zero-order valence-corrected chi connectivity index (χ0v) is 18.5. The summed E-state index contributed by atoms with van der Waals surface area (Å²) < 4.78 is 5.11. The molecule has 2 saturated heterocycles. The number of imide groups is 1. The van der Waals surface area contributed by atoms with Crippen LogP contribution in [0.2, 0.25) is 5.02 Å². The summed E-state index contributed by atoms with van der Waals surface area (Å²) in [6.45, 7) is 2.03. The van der Waals surface area contributed by atoms with E-state index in [1.807, 2.05) is 36.4 Å². The molecule has 0 spiro atoms. The Bertz CT molecular complexity index is 915. The minimum Gasteiger partial charge on any atom is -0.456 e. The van der Waals surface area contributed by atoms with Gasteiger partial charge in [0.1, 0.15) is 0 Å². The van der Waals surface area contributed by atoms with E-state index in [-0.39, 0.29) is 49.1 Å². The van der Waals surface area contributed by atoms with E-state index in [1.54, 1.807) is 4.90 Å². The molecule has 170 valence electrons. The molecule has 0 unspecified atom stereocenters. The fourth-order valence-electron chi connectivity index (χ4n) is 4.49. The second-order valence-electron chi connectivity index (χ2n) is 8.24. The number of carbonyl (C=O) groups is 4. The SMILES string of the molecule is O=C(CCN1C(=O)[C@H]2CC=CC[C@H]2C1=O)OCC(=O)N1CCN(c2cccc(Cl)c2)CC1. The number of halogens is 1. The summed E-state index contributed by atoms with van der Waals surface area (Å²) in [5, 5.41) is 0.667. The maximum atomic E-state index is 12.4. The monoisotopic (exact) mass is 459 g/mol. The molecule has 8 nitrogen and oxygen atoms in total. The molecule has 32 heavy (non-hydrogen) atoms. The first-order valence-electron chi connectivity index (χ1n) is 10.9. The Balaban J connectivity index is 1.18. The normalized spacial score (nSPS) is 22.8. The van der Waals surface area contributed by atoms with E-state index in [0.29, 0.717) is 44.0 Å². The molecule has 2 heterocycles. The molecule has 0 radical (unpaired) electrons. The Morgan fingerprint density at radius 1 is 1.00 bits per heavy atom. The number of nitrogens with zero attached hydrogens (tertiary/aromatic N) is 3. The molecule has 1 aliphatic carbocycles. The summed E-state index contributed by atoms with van der Waals surface area (Å²) in [5.41, 5.74) is 1.01. The number of amides is 3. The van der Waals surface area contributed by atoms with Gasteiger partial charge in [-0.15, -0.1) is 0 Å². The molecule has 0 N–H and O–H groups in total. The Morgan fingerprint density at radius 3 is 2.28 bits per heavy atom. The van der Waals surface area contributed by atoms with Crippen LogP contribution in [0.3, 0.4) is 0 Å². The number of allylic oxidation sites excluding steroid dienone is 2. The maximum Gasteiger partial charge on any atom is 0.308 e. The number of fused-ring (bicyclic) bond motifs is 1. The summed E-state index contributed by atoms with van der Waals surface area (Å²) in [6, 6.07) is 7.58. The van der Waals surface area contributed by atoms with Crippen LogP contribution in [0, 0.1) is 11.8 Å². The van der Waals surface area contributed by atoms with Crippen molar-refractivity contribution in [3.63, 3.8) is 0 Å². The van der Waals surface area contributed by atoms with Crippen LogP contribution in [-0.2, 0) is 23.9 Å². The number of rotatable bonds is 6. The van der Waals surface area contributed by atoms with Gasteiger partial charge in [-0.05, 0) is 31.0 Å². The fourth-order valence-corrected chi connectivity index (χ4v) is 4.67. The third-order valence-electron chi connectivity index (χ3n) is 6.30. The van der Waals surface area contributed by atoms with Crippen molar-refractivity contribution in [2.24, 2.45) is 11.8 Å². The minimum atomic E-state index is -0.593. The second kappa shape index (κ2) is 9.73. The largest absolute Gasteiger partial charge is 0.456 e. The molecule has 0 saturated carbocycles. The van der Waals surface area contributed by atoms with Crippen LogP contribution >= 0.6 is 11.6 Å². The Kier molecular flexibility index (Phi) is 6.79. The number of hydrogen-bond acceptors (Lipinski definition) is 6.